The van der Waals surface area contributed by atoms with Crippen LogP contribution in [0.15, 0.2) is 0 Å². The number of nitrogens with one attached hydrogen (secondary N) is 1. The number of nitrogens with zero attached hydrogens (tertiary/aromatic N) is 2. The van der Waals surface area contributed by atoms with Gasteiger partial charge in [0, 0.05) is 24.7 Å². The number of carbonyl (C=O) groups is 1. The fourth-order valence-corrected chi connectivity index (χ4v) is 3.24. The third kappa shape index (κ3) is 3.16. The van der Waals surface area contributed by atoms with Crippen molar-refractivity contribution in [2.24, 2.45) is 5.92 Å². The van der Waals surface area contributed by atoms with Crippen LogP contribution in [0.5, 0.6) is 0 Å². The lowest BCUT2D eigenvalue weighted by molar-refractivity contribution is 0.0504. The number of rotatable bonds is 0. The lowest BCUT2D eigenvalue weighted by Gasteiger charge is -2.46. The van der Waals surface area contributed by atoms with Crippen molar-refractivity contribution in [1.29, 1.82) is 0 Å². The molecule has 0 aromatic carbocycles. The Morgan fingerprint density at radius 1 is 1.22 bits per heavy atom. The summed E-state index contributed by atoms with van der Waals surface area (Å²) >= 11 is 0. The third-order valence-corrected chi connectivity index (χ3v) is 4.11. The van der Waals surface area contributed by atoms with Crippen LogP contribution in [0.2, 0.25) is 0 Å². The maximum atomic E-state index is 12.2. The van der Waals surface area contributed by atoms with E-state index in [-0.39, 0.29) is 11.6 Å². The number of carbonyl (C=O) groups excluding carboxylic acids is 1. The van der Waals surface area contributed by atoms with Gasteiger partial charge in [0.15, 0.2) is 0 Å². The molecule has 0 aliphatic carbocycles. The number of piperidine rings is 2. The maximum Gasteiger partial charge on any atom is 0.317 e. The van der Waals surface area contributed by atoms with Gasteiger partial charge in [-0.15, -0.1) is 0 Å². The lowest BCUT2D eigenvalue weighted by atomic mass is 9.84. The molecule has 0 aromatic rings. The van der Waals surface area contributed by atoms with Crippen LogP contribution in [0, 0.1) is 5.92 Å². The van der Waals surface area contributed by atoms with Crippen molar-refractivity contribution < 1.29 is 4.79 Å². The van der Waals surface area contributed by atoms with Crippen LogP contribution in [0.4, 0.5) is 4.79 Å². The zero-order valence-corrected chi connectivity index (χ0v) is 12.2. The molecule has 2 fully saturated rings. The predicted octanol–water partition coefficient (Wildman–Crippen LogP) is 1.91. The fourth-order valence-electron chi connectivity index (χ4n) is 3.24. The highest BCUT2D eigenvalue weighted by Crippen LogP contribution is 2.29. The maximum absolute atomic E-state index is 12.2. The normalized spacial score (nSPS) is 29.9. The summed E-state index contributed by atoms with van der Waals surface area (Å²) in [5, 5.41) is 3.07. The Balaban J connectivity index is 1.92. The molecule has 4 nitrogen and oxygen atoms in total. The SMILES string of the molecule is CN1CCCC2CN(C(=O)NC(C)(C)C)CCC21. The monoisotopic (exact) mass is 253 g/mol. The number of urea groups is 1. The number of hydrogen-bond donors (Lipinski definition) is 1. The first-order valence-corrected chi connectivity index (χ1v) is 7.14. The van der Waals surface area contributed by atoms with Crippen molar-refractivity contribution >= 4 is 6.03 Å². The van der Waals surface area contributed by atoms with Crippen molar-refractivity contribution in [3.8, 4) is 0 Å². The molecule has 1 N–H and O–H groups in total. The fraction of sp³-hybridized carbons (Fsp3) is 0.929. The summed E-state index contributed by atoms with van der Waals surface area (Å²) in [6, 6.07) is 0.798. The molecule has 0 bridgehead atoms. The van der Waals surface area contributed by atoms with Gasteiger partial charge < -0.3 is 15.1 Å². The van der Waals surface area contributed by atoms with Crippen LogP contribution >= 0.6 is 0 Å². The van der Waals surface area contributed by atoms with E-state index in [1.165, 1.54) is 19.4 Å². The molecule has 2 amide bonds. The molecule has 0 saturated carbocycles. The van der Waals surface area contributed by atoms with Gasteiger partial charge in [0.25, 0.3) is 0 Å². The van der Waals surface area contributed by atoms with E-state index >= 15 is 0 Å². The molecule has 0 spiro atoms. The minimum atomic E-state index is -0.142. The van der Waals surface area contributed by atoms with E-state index in [0.717, 1.165) is 19.5 Å². The average Bonchev–Trinajstić information content (AvgIpc) is 2.26. The van der Waals surface area contributed by atoms with E-state index in [2.05, 4.69) is 17.3 Å². The van der Waals surface area contributed by atoms with Gasteiger partial charge in [0.05, 0.1) is 0 Å². The third-order valence-electron chi connectivity index (χ3n) is 4.11. The van der Waals surface area contributed by atoms with Gasteiger partial charge in [-0.2, -0.15) is 0 Å². The summed E-state index contributed by atoms with van der Waals surface area (Å²) in [6.45, 7) is 9.14. The van der Waals surface area contributed by atoms with Gasteiger partial charge in [-0.1, -0.05) is 0 Å². The molecule has 2 unspecified atom stereocenters. The number of amides is 2. The number of fused-ring (bicyclic) bond motifs is 1. The van der Waals surface area contributed by atoms with Crippen LogP contribution in [-0.2, 0) is 0 Å². The molecule has 104 valence electrons. The van der Waals surface area contributed by atoms with Crippen LogP contribution in [0.25, 0.3) is 0 Å². The summed E-state index contributed by atoms with van der Waals surface area (Å²) in [6.07, 6.45) is 3.67. The Labute approximate surface area is 111 Å². The molecule has 2 heterocycles. The van der Waals surface area contributed by atoms with E-state index in [0.29, 0.717) is 12.0 Å². The van der Waals surface area contributed by atoms with Gasteiger partial charge in [0.1, 0.15) is 0 Å². The van der Waals surface area contributed by atoms with Crippen molar-refractivity contribution in [2.75, 3.05) is 26.7 Å². The molecule has 0 radical (unpaired) electrons. The molecular formula is C14H27N3O. The molecule has 18 heavy (non-hydrogen) atoms. The lowest BCUT2D eigenvalue weighted by Crippen LogP contribution is -2.57. The van der Waals surface area contributed by atoms with E-state index in [1.807, 2.05) is 25.7 Å². The zero-order valence-electron chi connectivity index (χ0n) is 12.2. The molecule has 2 saturated heterocycles. The summed E-state index contributed by atoms with van der Waals surface area (Å²) < 4.78 is 0. The molecular weight excluding hydrogens is 226 g/mol. The standard InChI is InChI=1S/C14H27N3O/c1-14(2,3)15-13(18)17-9-7-12-11(10-17)6-5-8-16(12)4/h11-12H,5-10H2,1-4H3,(H,15,18). The zero-order chi connectivity index (χ0) is 13.3. The summed E-state index contributed by atoms with van der Waals surface area (Å²) in [5.41, 5.74) is -0.142. The largest absolute Gasteiger partial charge is 0.333 e. The van der Waals surface area contributed by atoms with Gasteiger partial charge in [-0.3, -0.25) is 0 Å². The van der Waals surface area contributed by atoms with Gasteiger partial charge in [0.2, 0.25) is 0 Å². The molecule has 4 heteroatoms. The molecule has 2 atom stereocenters. The van der Waals surface area contributed by atoms with Crippen LogP contribution < -0.4 is 5.32 Å². The molecule has 2 aliphatic rings. The van der Waals surface area contributed by atoms with E-state index in [4.69, 9.17) is 0 Å². The Morgan fingerprint density at radius 3 is 2.61 bits per heavy atom. The molecule has 0 aromatic heterocycles. The minimum Gasteiger partial charge on any atom is -0.333 e. The predicted molar refractivity (Wildman–Crippen MR) is 73.6 cm³/mol. The van der Waals surface area contributed by atoms with Gasteiger partial charge in [-0.05, 0) is 59.5 Å². The first-order valence-electron chi connectivity index (χ1n) is 7.14. The molecule has 2 aliphatic heterocycles. The van der Waals surface area contributed by atoms with E-state index < -0.39 is 0 Å². The Hall–Kier alpha value is -0.770. The van der Waals surface area contributed by atoms with E-state index in [1.54, 1.807) is 0 Å². The second-order valence-corrected chi connectivity index (χ2v) is 6.87. The van der Waals surface area contributed by atoms with Crippen molar-refractivity contribution in [3.05, 3.63) is 0 Å². The smallest absolute Gasteiger partial charge is 0.317 e. The second-order valence-electron chi connectivity index (χ2n) is 6.87. The Bertz CT molecular complexity index is 311. The van der Waals surface area contributed by atoms with E-state index in [9.17, 15) is 4.79 Å². The van der Waals surface area contributed by atoms with Crippen LogP contribution in [0.1, 0.15) is 40.0 Å². The first-order chi connectivity index (χ1) is 8.37. The topological polar surface area (TPSA) is 35.6 Å². The Morgan fingerprint density at radius 2 is 1.94 bits per heavy atom. The first kappa shape index (κ1) is 13.7. The highest BCUT2D eigenvalue weighted by atomic mass is 16.2. The number of hydrogen-bond acceptors (Lipinski definition) is 2. The summed E-state index contributed by atoms with van der Waals surface area (Å²) in [7, 11) is 2.22. The highest BCUT2D eigenvalue weighted by molar-refractivity contribution is 5.75. The van der Waals surface area contributed by atoms with Crippen LogP contribution in [0.3, 0.4) is 0 Å². The average molecular weight is 253 g/mol. The quantitative estimate of drug-likeness (QED) is 0.716. The molecule has 2 rings (SSSR count). The highest BCUT2D eigenvalue weighted by Gasteiger charge is 2.36. The van der Waals surface area contributed by atoms with Crippen molar-refractivity contribution in [3.63, 3.8) is 0 Å². The van der Waals surface area contributed by atoms with Gasteiger partial charge in [-0.25, -0.2) is 4.79 Å². The van der Waals surface area contributed by atoms with Crippen molar-refractivity contribution in [1.82, 2.24) is 15.1 Å². The van der Waals surface area contributed by atoms with Gasteiger partial charge >= 0.3 is 6.03 Å². The van der Waals surface area contributed by atoms with Crippen molar-refractivity contribution in [2.45, 2.75) is 51.6 Å². The summed E-state index contributed by atoms with van der Waals surface area (Å²) in [5.74, 6) is 0.670. The second kappa shape index (κ2) is 5.08. The number of likely N-dealkylation sites (tertiary alicyclic amines) is 2. The minimum absolute atomic E-state index is 0.106. The Kier molecular flexibility index (Phi) is 3.85. The van der Waals surface area contributed by atoms with Crippen LogP contribution in [-0.4, -0.2) is 54.1 Å². The summed E-state index contributed by atoms with van der Waals surface area (Å²) in [4.78, 5) is 16.7.